The number of aliphatic hydroxyl groups excluding tert-OH is 1. The predicted molar refractivity (Wildman–Crippen MR) is 75.4 cm³/mol. The third-order valence-corrected chi connectivity index (χ3v) is 4.12. The first-order valence-corrected chi connectivity index (χ1v) is 7.17. The Kier molecular flexibility index (Phi) is 4.84. The molecule has 0 aromatic rings. The summed E-state index contributed by atoms with van der Waals surface area (Å²) in [6.45, 7) is 8.02. The van der Waals surface area contributed by atoms with Crippen LogP contribution in [0.2, 0.25) is 0 Å². The second-order valence-electron chi connectivity index (χ2n) is 5.63. The van der Waals surface area contributed by atoms with Crippen molar-refractivity contribution < 1.29 is 5.11 Å². The number of piperidine rings is 1. The first-order valence-electron chi connectivity index (χ1n) is 7.17. The third kappa shape index (κ3) is 3.59. The van der Waals surface area contributed by atoms with Gasteiger partial charge in [-0.3, -0.25) is 4.90 Å². The van der Waals surface area contributed by atoms with Crippen LogP contribution in [0.5, 0.6) is 0 Å². The highest BCUT2D eigenvalue weighted by Gasteiger charge is 2.22. The van der Waals surface area contributed by atoms with E-state index in [4.69, 9.17) is 0 Å². The molecule has 0 aromatic heterocycles. The van der Waals surface area contributed by atoms with Crippen LogP contribution in [-0.2, 0) is 0 Å². The van der Waals surface area contributed by atoms with E-state index in [1.54, 1.807) is 0 Å². The first-order chi connectivity index (χ1) is 8.66. The average Bonchev–Trinajstić information content (AvgIpc) is 2.35. The SMILES string of the molecule is CC1=CC=CCN1CC(O)CN1CCCCC1C. The molecule has 2 unspecified atom stereocenters. The molecule has 0 saturated carbocycles. The van der Waals surface area contributed by atoms with Gasteiger partial charge in [0.15, 0.2) is 0 Å². The number of allylic oxidation sites excluding steroid dienone is 3. The molecule has 0 bridgehead atoms. The summed E-state index contributed by atoms with van der Waals surface area (Å²) in [5.74, 6) is 0. The molecule has 3 nitrogen and oxygen atoms in total. The summed E-state index contributed by atoms with van der Waals surface area (Å²) < 4.78 is 0. The lowest BCUT2D eigenvalue weighted by molar-refractivity contribution is 0.0569. The van der Waals surface area contributed by atoms with Gasteiger partial charge >= 0.3 is 0 Å². The maximum Gasteiger partial charge on any atom is 0.0841 e. The molecule has 1 N–H and O–H groups in total. The van der Waals surface area contributed by atoms with Gasteiger partial charge < -0.3 is 10.0 Å². The van der Waals surface area contributed by atoms with Crippen LogP contribution in [0.25, 0.3) is 0 Å². The number of nitrogens with zero attached hydrogens (tertiary/aromatic N) is 2. The smallest absolute Gasteiger partial charge is 0.0841 e. The van der Waals surface area contributed by atoms with E-state index in [9.17, 15) is 5.11 Å². The maximum absolute atomic E-state index is 10.3. The molecule has 0 amide bonds. The van der Waals surface area contributed by atoms with Crippen LogP contribution >= 0.6 is 0 Å². The number of aliphatic hydroxyl groups is 1. The first kappa shape index (κ1) is 13.6. The molecule has 2 aliphatic rings. The molecule has 1 fully saturated rings. The minimum atomic E-state index is -0.250. The van der Waals surface area contributed by atoms with Crippen molar-refractivity contribution in [3.05, 3.63) is 23.9 Å². The number of hydrogen-bond donors (Lipinski definition) is 1. The monoisotopic (exact) mass is 250 g/mol. The van der Waals surface area contributed by atoms with Gasteiger partial charge in [0, 0.05) is 31.4 Å². The van der Waals surface area contributed by atoms with Gasteiger partial charge in [0.2, 0.25) is 0 Å². The number of likely N-dealkylation sites (tertiary alicyclic amines) is 1. The number of β-amino-alcohol motifs (C(OH)–C–C–N with tert-alkyl or cyclic N) is 1. The van der Waals surface area contributed by atoms with Crippen molar-refractivity contribution in [1.29, 1.82) is 0 Å². The van der Waals surface area contributed by atoms with Crippen LogP contribution in [0.3, 0.4) is 0 Å². The second kappa shape index (κ2) is 6.39. The zero-order valence-corrected chi connectivity index (χ0v) is 11.7. The quantitative estimate of drug-likeness (QED) is 0.826. The molecular formula is C15H26N2O. The van der Waals surface area contributed by atoms with Crippen LogP contribution in [0.1, 0.15) is 33.1 Å². The number of hydrogen-bond acceptors (Lipinski definition) is 3. The van der Waals surface area contributed by atoms with Gasteiger partial charge in [-0.15, -0.1) is 0 Å². The van der Waals surface area contributed by atoms with E-state index >= 15 is 0 Å². The van der Waals surface area contributed by atoms with Gasteiger partial charge in [0.05, 0.1) is 6.10 Å². The van der Waals surface area contributed by atoms with E-state index < -0.39 is 0 Å². The van der Waals surface area contributed by atoms with E-state index in [1.807, 2.05) is 0 Å². The van der Waals surface area contributed by atoms with Gasteiger partial charge in [0.25, 0.3) is 0 Å². The third-order valence-electron chi connectivity index (χ3n) is 4.12. The van der Waals surface area contributed by atoms with Crippen LogP contribution < -0.4 is 0 Å². The molecule has 2 rings (SSSR count). The Morgan fingerprint density at radius 2 is 2.22 bits per heavy atom. The Bertz CT molecular complexity index is 324. The van der Waals surface area contributed by atoms with E-state index in [0.29, 0.717) is 6.04 Å². The molecule has 0 aliphatic carbocycles. The van der Waals surface area contributed by atoms with Crippen molar-refractivity contribution in [3.8, 4) is 0 Å². The van der Waals surface area contributed by atoms with E-state index in [2.05, 4.69) is 41.9 Å². The lowest BCUT2D eigenvalue weighted by Crippen LogP contribution is -2.45. The molecule has 0 radical (unpaired) electrons. The van der Waals surface area contributed by atoms with Gasteiger partial charge in [-0.2, -0.15) is 0 Å². The average molecular weight is 250 g/mol. The van der Waals surface area contributed by atoms with Gasteiger partial charge in [-0.05, 0) is 39.3 Å². The molecule has 1 saturated heterocycles. The molecule has 2 aliphatic heterocycles. The summed E-state index contributed by atoms with van der Waals surface area (Å²) in [6.07, 6.45) is 9.99. The summed E-state index contributed by atoms with van der Waals surface area (Å²) in [7, 11) is 0. The highest BCUT2D eigenvalue weighted by atomic mass is 16.3. The van der Waals surface area contributed by atoms with Crippen molar-refractivity contribution in [2.75, 3.05) is 26.2 Å². The Labute approximate surface area is 111 Å². The fraction of sp³-hybridized carbons (Fsp3) is 0.733. The van der Waals surface area contributed by atoms with Crippen molar-refractivity contribution in [2.24, 2.45) is 0 Å². The molecule has 2 heterocycles. The zero-order valence-electron chi connectivity index (χ0n) is 11.7. The second-order valence-corrected chi connectivity index (χ2v) is 5.63. The summed E-state index contributed by atoms with van der Waals surface area (Å²) >= 11 is 0. The van der Waals surface area contributed by atoms with Gasteiger partial charge in [-0.25, -0.2) is 0 Å². The Hall–Kier alpha value is -0.800. The molecule has 102 valence electrons. The van der Waals surface area contributed by atoms with Gasteiger partial charge in [-0.1, -0.05) is 18.6 Å². The molecular weight excluding hydrogens is 224 g/mol. The van der Waals surface area contributed by atoms with E-state index in [1.165, 1.54) is 25.0 Å². The molecule has 2 atom stereocenters. The lowest BCUT2D eigenvalue weighted by Gasteiger charge is -2.36. The largest absolute Gasteiger partial charge is 0.390 e. The fourth-order valence-electron chi connectivity index (χ4n) is 2.87. The minimum absolute atomic E-state index is 0.250. The Morgan fingerprint density at radius 1 is 1.39 bits per heavy atom. The normalized spacial score (nSPS) is 27.2. The zero-order chi connectivity index (χ0) is 13.0. The highest BCUT2D eigenvalue weighted by molar-refractivity contribution is 5.16. The van der Waals surface area contributed by atoms with E-state index in [-0.39, 0.29) is 6.10 Å². The summed E-state index contributed by atoms with van der Waals surface area (Å²) in [5.41, 5.74) is 1.25. The standard InChI is InChI=1S/C15H26N2O/c1-13-7-3-5-9-16(13)11-15(18)12-17-10-6-4-8-14(17)2/h3,5,7,14-15,18H,4,6,8-12H2,1-2H3. The van der Waals surface area contributed by atoms with E-state index in [0.717, 1.165) is 26.2 Å². The maximum atomic E-state index is 10.3. The van der Waals surface area contributed by atoms with Crippen LogP contribution in [0.4, 0.5) is 0 Å². The lowest BCUT2D eigenvalue weighted by atomic mass is 10.0. The van der Waals surface area contributed by atoms with Crippen LogP contribution in [0, 0.1) is 0 Å². The molecule has 0 aromatic carbocycles. The number of rotatable bonds is 4. The molecule has 18 heavy (non-hydrogen) atoms. The van der Waals surface area contributed by atoms with Crippen molar-refractivity contribution >= 4 is 0 Å². The van der Waals surface area contributed by atoms with Gasteiger partial charge in [0.1, 0.15) is 0 Å². The molecule has 0 spiro atoms. The summed E-state index contributed by atoms with van der Waals surface area (Å²) in [4.78, 5) is 4.69. The highest BCUT2D eigenvalue weighted by Crippen LogP contribution is 2.17. The fourth-order valence-corrected chi connectivity index (χ4v) is 2.87. The summed E-state index contributed by atoms with van der Waals surface area (Å²) in [5, 5.41) is 10.3. The topological polar surface area (TPSA) is 26.7 Å². The predicted octanol–water partition coefficient (Wildman–Crippen LogP) is 2.00. The molecule has 3 heteroatoms. The van der Waals surface area contributed by atoms with Crippen LogP contribution in [-0.4, -0.2) is 53.2 Å². The Morgan fingerprint density at radius 3 is 2.94 bits per heavy atom. The summed E-state index contributed by atoms with van der Waals surface area (Å²) in [6, 6.07) is 0.631. The Balaban J connectivity index is 1.79. The van der Waals surface area contributed by atoms with Crippen LogP contribution in [0.15, 0.2) is 23.9 Å². The van der Waals surface area contributed by atoms with Crippen molar-refractivity contribution in [3.63, 3.8) is 0 Å². The minimum Gasteiger partial charge on any atom is -0.390 e. The van der Waals surface area contributed by atoms with Crippen molar-refractivity contribution in [1.82, 2.24) is 9.80 Å². The van der Waals surface area contributed by atoms with Crippen molar-refractivity contribution in [2.45, 2.75) is 45.3 Å².